The zero-order valence-corrected chi connectivity index (χ0v) is 5.72. The Labute approximate surface area is 57.0 Å². The SMILES string of the molecule is O=[PH](O)O.[Fe].[Fe]. The van der Waals surface area contributed by atoms with E-state index in [4.69, 9.17) is 14.4 Å². The molecule has 0 bridgehead atoms. The van der Waals surface area contributed by atoms with Crippen LogP contribution in [0.2, 0.25) is 0 Å². The fourth-order valence-electron chi connectivity index (χ4n) is 0. The number of hydrogen-bond acceptors (Lipinski definition) is 1. The van der Waals surface area contributed by atoms with E-state index >= 15 is 0 Å². The van der Waals surface area contributed by atoms with Crippen LogP contribution in [0, 0.1) is 0 Å². The second-order valence-electron chi connectivity index (χ2n) is 0.283. The Morgan fingerprint density at radius 2 is 1.17 bits per heavy atom. The van der Waals surface area contributed by atoms with Crippen molar-refractivity contribution in [2.75, 3.05) is 0 Å². The summed E-state index contributed by atoms with van der Waals surface area (Å²) in [6, 6.07) is 0. The fourth-order valence-corrected chi connectivity index (χ4v) is 0. The average Bonchev–Trinajstić information content (AvgIpc) is 0.811. The standard InChI is InChI=1S/2Fe.H3O3P/c;;1-4(2)3/h;;4H,(H2,1,2,3). The summed E-state index contributed by atoms with van der Waals surface area (Å²) in [4.78, 5) is 14.3. The maximum absolute atomic E-state index is 8.74. The number of rotatable bonds is 0. The van der Waals surface area contributed by atoms with Gasteiger partial charge in [0.15, 0.2) is 0 Å². The van der Waals surface area contributed by atoms with E-state index in [1.807, 2.05) is 0 Å². The third-order valence-electron chi connectivity index (χ3n) is 0. The van der Waals surface area contributed by atoms with Gasteiger partial charge in [0.2, 0.25) is 0 Å². The molecule has 0 heterocycles. The quantitative estimate of drug-likeness (QED) is 0.398. The zero-order valence-electron chi connectivity index (χ0n) is 2.51. The normalized spacial score (nSPS) is 5.83. The molecule has 0 atom stereocenters. The van der Waals surface area contributed by atoms with E-state index in [-0.39, 0.29) is 34.1 Å². The molecule has 0 aromatic heterocycles. The summed E-state index contributed by atoms with van der Waals surface area (Å²) in [5.74, 6) is 0. The van der Waals surface area contributed by atoms with Crippen LogP contribution in [0.25, 0.3) is 0 Å². The third-order valence-corrected chi connectivity index (χ3v) is 0. The van der Waals surface area contributed by atoms with E-state index in [1.54, 1.807) is 0 Å². The van der Waals surface area contributed by atoms with Crippen molar-refractivity contribution in [1.82, 2.24) is 0 Å². The molecule has 0 aliphatic heterocycles. The van der Waals surface area contributed by atoms with Crippen LogP contribution in [0.4, 0.5) is 0 Å². The second-order valence-corrected chi connectivity index (χ2v) is 0.848. The molecule has 0 amide bonds. The molecule has 0 radical (unpaired) electrons. The summed E-state index contributed by atoms with van der Waals surface area (Å²) in [5.41, 5.74) is 0. The predicted molar refractivity (Wildman–Crippen MR) is 13.4 cm³/mol. The van der Waals surface area contributed by atoms with Crippen LogP contribution < -0.4 is 0 Å². The van der Waals surface area contributed by atoms with Crippen molar-refractivity contribution < 1.29 is 48.5 Å². The van der Waals surface area contributed by atoms with E-state index < -0.39 is 8.25 Å². The van der Waals surface area contributed by atoms with Gasteiger partial charge in [-0.1, -0.05) is 0 Å². The largest absolute Gasteiger partial charge is 0.326 e. The molecule has 42 valence electrons. The molecule has 0 saturated carbocycles. The molecule has 0 aliphatic carbocycles. The average molecular weight is 194 g/mol. The first-order valence-corrected chi connectivity index (χ1v) is 1.95. The Morgan fingerprint density at radius 1 is 1.17 bits per heavy atom. The van der Waals surface area contributed by atoms with E-state index in [0.29, 0.717) is 0 Å². The third kappa shape index (κ3) is 64.4. The van der Waals surface area contributed by atoms with Gasteiger partial charge in [0.25, 0.3) is 0 Å². The summed E-state index contributed by atoms with van der Waals surface area (Å²) in [6.45, 7) is 0. The van der Waals surface area contributed by atoms with Crippen LogP contribution in [-0.4, -0.2) is 9.79 Å². The predicted octanol–water partition coefficient (Wildman–Crippen LogP) is -0.644. The van der Waals surface area contributed by atoms with Crippen LogP contribution in [0.15, 0.2) is 0 Å². The summed E-state index contributed by atoms with van der Waals surface area (Å²) in [5, 5.41) is 0. The van der Waals surface area contributed by atoms with Crippen molar-refractivity contribution in [3.8, 4) is 0 Å². The van der Waals surface area contributed by atoms with Gasteiger partial charge in [-0.15, -0.1) is 0 Å². The molecule has 6 heavy (non-hydrogen) atoms. The summed E-state index contributed by atoms with van der Waals surface area (Å²) in [7, 11) is -3.13. The van der Waals surface area contributed by atoms with Crippen LogP contribution in [0.1, 0.15) is 0 Å². The van der Waals surface area contributed by atoms with Crippen LogP contribution in [-0.2, 0) is 38.7 Å². The van der Waals surface area contributed by atoms with Crippen LogP contribution in [0.3, 0.4) is 0 Å². The van der Waals surface area contributed by atoms with Gasteiger partial charge in [-0.05, 0) is 0 Å². The van der Waals surface area contributed by atoms with Gasteiger partial charge < -0.3 is 9.79 Å². The molecule has 0 fully saturated rings. The Balaban J connectivity index is -0.0000000450. The van der Waals surface area contributed by atoms with Crippen molar-refractivity contribution in [3.63, 3.8) is 0 Å². The molecule has 0 spiro atoms. The maximum Gasteiger partial charge on any atom is 0.314 e. The molecular weight excluding hydrogens is 191 g/mol. The molecule has 0 saturated heterocycles. The van der Waals surface area contributed by atoms with Crippen molar-refractivity contribution >= 4 is 8.25 Å². The van der Waals surface area contributed by atoms with E-state index in [2.05, 4.69) is 0 Å². The van der Waals surface area contributed by atoms with E-state index in [9.17, 15) is 0 Å². The molecule has 0 unspecified atom stereocenters. The zero-order chi connectivity index (χ0) is 3.58. The first-order valence-electron chi connectivity index (χ1n) is 0.651. The first-order chi connectivity index (χ1) is 1.73. The van der Waals surface area contributed by atoms with Gasteiger partial charge in [-0.25, -0.2) is 0 Å². The van der Waals surface area contributed by atoms with Crippen molar-refractivity contribution in [3.05, 3.63) is 0 Å². The summed E-state index contributed by atoms with van der Waals surface area (Å²) < 4.78 is 8.74. The Bertz CT molecular complexity index is 31.8. The maximum atomic E-state index is 8.74. The van der Waals surface area contributed by atoms with Crippen LogP contribution >= 0.6 is 8.25 Å². The fraction of sp³-hybridized carbons (Fsp3) is 0. The monoisotopic (exact) mass is 194 g/mol. The summed E-state index contributed by atoms with van der Waals surface area (Å²) in [6.07, 6.45) is 0. The Hall–Kier alpha value is 1.19. The molecule has 2 N–H and O–H groups in total. The molecule has 3 nitrogen and oxygen atoms in total. The van der Waals surface area contributed by atoms with Gasteiger partial charge in [-0.2, -0.15) is 0 Å². The summed E-state index contributed by atoms with van der Waals surface area (Å²) >= 11 is 0. The number of hydrogen-bond donors (Lipinski definition) is 2. The minimum Gasteiger partial charge on any atom is -0.326 e. The Morgan fingerprint density at radius 3 is 1.17 bits per heavy atom. The molecule has 0 aromatic rings. The molecule has 0 rings (SSSR count). The minimum atomic E-state index is -3.13. The van der Waals surface area contributed by atoms with E-state index in [1.165, 1.54) is 0 Å². The smallest absolute Gasteiger partial charge is 0.314 e. The van der Waals surface area contributed by atoms with Gasteiger partial charge in [0, 0.05) is 34.1 Å². The molecular formula is H3Fe2O3P. The van der Waals surface area contributed by atoms with Crippen molar-refractivity contribution in [2.24, 2.45) is 0 Å². The van der Waals surface area contributed by atoms with Gasteiger partial charge >= 0.3 is 8.25 Å². The molecule has 0 aliphatic rings. The second kappa shape index (κ2) is 9.50. The topological polar surface area (TPSA) is 57.5 Å². The Kier molecular flexibility index (Phi) is 24.8. The van der Waals surface area contributed by atoms with Gasteiger partial charge in [-0.3, -0.25) is 4.57 Å². The van der Waals surface area contributed by atoms with Gasteiger partial charge in [0.05, 0.1) is 0 Å². The molecule has 0 aromatic carbocycles. The van der Waals surface area contributed by atoms with Crippen molar-refractivity contribution in [2.45, 2.75) is 0 Å². The van der Waals surface area contributed by atoms with Gasteiger partial charge in [0.1, 0.15) is 0 Å². The first kappa shape index (κ1) is 15.7. The van der Waals surface area contributed by atoms with Crippen LogP contribution in [0.5, 0.6) is 0 Å². The minimum absolute atomic E-state index is 0. The molecule has 6 heteroatoms. The van der Waals surface area contributed by atoms with Crippen molar-refractivity contribution in [1.29, 1.82) is 0 Å². The van der Waals surface area contributed by atoms with E-state index in [0.717, 1.165) is 0 Å².